The number of nitrogens with one attached hydrogen (secondary N) is 4. The van der Waals surface area contributed by atoms with Gasteiger partial charge in [0.15, 0.2) is 6.61 Å². The zero-order valence-corrected chi connectivity index (χ0v) is 36.1. The van der Waals surface area contributed by atoms with Crippen molar-refractivity contribution in [2.45, 2.75) is 109 Å². The zero-order chi connectivity index (χ0) is 44.6. The van der Waals surface area contributed by atoms with E-state index in [-0.39, 0.29) is 48.1 Å². The van der Waals surface area contributed by atoms with E-state index in [0.29, 0.717) is 23.8 Å². The molecule has 8 rings (SSSR count). The Balaban J connectivity index is 0.672. The average molecular weight is 871 g/mol. The Kier molecular flexibility index (Phi) is 13.8. The number of aromatic amines is 1. The van der Waals surface area contributed by atoms with E-state index >= 15 is 0 Å². The highest BCUT2D eigenvalue weighted by atomic mass is 16.5. The van der Waals surface area contributed by atoms with Crippen LogP contribution in [0.3, 0.4) is 0 Å². The van der Waals surface area contributed by atoms with Crippen LogP contribution in [0.2, 0.25) is 0 Å². The predicted octanol–water partition coefficient (Wildman–Crippen LogP) is 5.78. The number of benzene rings is 3. The van der Waals surface area contributed by atoms with Gasteiger partial charge in [0.1, 0.15) is 23.3 Å². The van der Waals surface area contributed by atoms with Gasteiger partial charge in [-0.25, -0.2) is 4.98 Å². The van der Waals surface area contributed by atoms with Crippen molar-refractivity contribution in [1.82, 2.24) is 45.4 Å². The average Bonchev–Trinajstić information content (AvgIpc) is 4.09. The number of H-pyrrole nitrogens is 1. The maximum absolute atomic E-state index is 13.2. The summed E-state index contributed by atoms with van der Waals surface area (Å²) in [6.07, 6.45) is 12.8. The number of likely N-dealkylation sites (tertiary alicyclic amines) is 1. The summed E-state index contributed by atoms with van der Waals surface area (Å²) in [4.78, 5) is 87.3. The number of fused-ring (bicyclic) bond motifs is 2. The number of aromatic nitrogens is 5. The normalized spacial score (nSPS) is 17.5. The topological polar surface area (TPSA) is 214 Å². The molecule has 17 heteroatoms. The first-order chi connectivity index (χ1) is 31.1. The summed E-state index contributed by atoms with van der Waals surface area (Å²) in [5.41, 5.74) is 4.78. The highest BCUT2D eigenvalue weighted by Crippen LogP contribution is 2.34. The van der Waals surface area contributed by atoms with Crippen LogP contribution in [-0.4, -0.2) is 102 Å². The van der Waals surface area contributed by atoms with Gasteiger partial charge in [-0.2, -0.15) is 0 Å². The van der Waals surface area contributed by atoms with Crippen LogP contribution in [-0.2, 0) is 27.5 Å². The van der Waals surface area contributed by atoms with Gasteiger partial charge < -0.3 is 20.4 Å². The van der Waals surface area contributed by atoms with E-state index in [2.05, 4.69) is 43.1 Å². The van der Waals surface area contributed by atoms with Crippen LogP contribution in [0.15, 0.2) is 66.9 Å². The smallest absolute Gasteiger partial charge is 0.266 e. The molecule has 2 atom stereocenters. The Morgan fingerprint density at radius 1 is 0.891 bits per heavy atom. The van der Waals surface area contributed by atoms with Crippen molar-refractivity contribution in [2.24, 2.45) is 0 Å². The van der Waals surface area contributed by atoms with E-state index in [9.17, 15) is 28.8 Å². The molecule has 0 aliphatic carbocycles. The van der Waals surface area contributed by atoms with Gasteiger partial charge in [-0.3, -0.25) is 48.6 Å². The Morgan fingerprint density at radius 2 is 1.67 bits per heavy atom. The third-order valence-electron chi connectivity index (χ3n) is 12.2. The minimum Gasteiger partial charge on any atom is -0.483 e. The number of ether oxygens (including phenoxy) is 1. The van der Waals surface area contributed by atoms with Gasteiger partial charge in [-0.1, -0.05) is 61.9 Å². The van der Waals surface area contributed by atoms with Crippen LogP contribution >= 0.6 is 0 Å². The number of anilines is 1. The number of hydrogen-bond donors (Lipinski definition) is 4. The number of piperidine rings is 1. The highest BCUT2D eigenvalue weighted by molar-refractivity contribution is 6.24. The molecule has 2 fully saturated rings. The molecule has 64 heavy (non-hydrogen) atoms. The van der Waals surface area contributed by atoms with Gasteiger partial charge in [-0.15, -0.1) is 5.10 Å². The van der Waals surface area contributed by atoms with Crippen LogP contribution < -0.4 is 20.7 Å². The fourth-order valence-corrected chi connectivity index (χ4v) is 8.65. The Bertz CT molecular complexity index is 2530. The fraction of sp³-hybridized carbons (Fsp3) is 0.426. The molecule has 0 saturated carbocycles. The van der Waals surface area contributed by atoms with E-state index in [4.69, 9.17) is 9.72 Å². The molecule has 0 bridgehead atoms. The first-order valence-electron chi connectivity index (χ1n) is 22.4. The number of nitrogens with zero attached hydrogens (tertiary/aromatic N) is 6. The van der Waals surface area contributed by atoms with Crippen LogP contribution in [0, 0.1) is 0 Å². The second kappa shape index (κ2) is 20.2. The minimum absolute atomic E-state index is 0.0109. The van der Waals surface area contributed by atoms with Gasteiger partial charge in [0.25, 0.3) is 23.6 Å². The number of unbranched alkanes of at least 4 members (excludes halogenated alkanes) is 7. The van der Waals surface area contributed by atoms with Crippen molar-refractivity contribution < 1.29 is 33.5 Å². The second-order valence-corrected chi connectivity index (χ2v) is 16.9. The lowest BCUT2D eigenvalue weighted by Gasteiger charge is -2.27. The van der Waals surface area contributed by atoms with Crippen LogP contribution in [0.4, 0.5) is 5.69 Å². The second-order valence-electron chi connectivity index (χ2n) is 16.9. The summed E-state index contributed by atoms with van der Waals surface area (Å²) in [5, 5.41) is 16.7. The van der Waals surface area contributed by atoms with Crippen LogP contribution in [0.1, 0.15) is 121 Å². The summed E-state index contributed by atoms with van der Waals surface area (Å²) in [7, 11) is 0. The lowest BCUT2D eigenvalue weighted by atomic mass is 10.0. The molecule has 3 aliphatic heterocycles. The summed E-state index contributed by atoms with van der Waals surface area (Å²) in [6.45, 7) is 5.10. The van der Waals surface area contributed by atoms with Crippen molar-refractivity contribution in [2.75, 3.05) is 25.0 Å². The van der Waals surface area contributed by atoms with E-state index in [1.165, 1.54) is 25.0 Å². The number of amides is 6. The van der Waals surface area contributed by atoms with Crippen molar-refractivity contribution in [1.29, 1.82) is 0 Å². The maximum Gasteiger partial charge on any atom is 0.266 e. The Morgan fingerprint density at radius 3 is 2.44 bits per heavy atom. The molecule has 2 aromatic heterocycles. The molecule has 1 unspecified atom stereocenters. The van der Waals surface area contributed by atoms with Gasteiger partial charge >= 0.3 is 0 Å². The van der Waals surface area contributed by atoms with Crippen LogP contribution in [0.5, 0.6) is 5.75 Å². The molecule has 5 aromatic rings. The van der Waals surface area contributed by atoms with Crippen LogP contribution in [0.25, 0.3) is 22.3 Å². The maximum atomic E-state index is 13.2. The fourth-order valence-electron chi connectivity index (χ4n) is 8.65. The predicted molar refractivity (Wildman–Crippen MR) is 237 cm³/mol. The van der Waals surface area contributed by atoms with Gasteiger partial charge in [0.05, 0.1) is 34.9 Å². The molecule has 2 saturated heterocycles. The molecular formula is C47H54N10O7. The third kappa shape index (κ3) is 10.4. The first kappa shape index (κ1) is 43.9. The lowest BCUT2D eigenvalue weighted by Crippen LogP contribution is -2.54. The molecule has 17 nitrogen and oxygen atoms in total. The standard InChI is InChI=1S/C47H54N10O7/c1-30-12-11-24-55(30)28-40-50-35-20-19-33(26-36(35)51-40)49-44(60)32-17-15-31(16-18-32)37-27-56(54-53-37)25-9-7-5-3-2-4-6-8-23-48-42(59)29-64-39-14-10-13-34-43(39)47(63)57(46(34)62)38-21-22-41(58)52-45(38)61/h10,13-20,26-27,30,38H,2-9,11-12,21-25,28-29H2,1H3,(H,48,59)(H,49,60)(H,50,51)(H,52,58,61)/t30-,38?/m0/s1. The molecule has 0 radical (unpaired) electrons. The Hall–Kier alpha value is -6.75. The third-order valence-corrected chi connectivity index (χ3v) is 12.2. The summed E-state index contributed by atoms with van der Waals surface area (Å²) < 4.78 is 7.52. The molecule has 0 spiro atoms. The first-order valence-corrected chi connectivity index (χ1v) is 22.4. The van der Waals surface area contributed by atoms with Gasteiger partial charge in [0.2, 0.25) is 11.8 Å². The molecular weight excluding hydrogens is 817 g/mol. The molecule has 334 valence electrons. The number of carbonyl (C=O) groups excluding carboxylic acids is 6. The largest absolute Gasteiger partial charge is 0.483 e. The Labute approximate surface area is 370 Å². The number of carbonyl (C=O) groups is 6. The van der Waals surface area contributed by atoms with Gasteiger partial charge in [-0.05, 0) is 88.0 Å². The highest BCUT2D eigenvalue weighted by Gasteiger charge is 2.46. The molecule has 3 aromatic carbocycles. The zero-order valence-electron chi connectivity index (χ0n) is 36.1. The molecule has 6 amide bonds. The monoisotopic (exact) mass is 870 g/mol. The van der Waals surface area contributed by atoms with E-state index < -0.39 is 29.7 Å². The van der Waals surface area contributed by atoms with E-state index in [1.807, 2.05) is 41.2 Å². The number of hydrogen-bond acceptors (Lipinski definition) is 11. The summed E-state index contributed by atoms with van der Waals surface area (Å²) in [6, 6.07) is 17.2. The quantitative estimate of drug-likeness (QED) is 0.0544. The molecule has 5 heterocycles. The minimum atomic E-state index is -1.08. The summed E-state index contributed by atoms with van der Waals surface area (Å²) >= 11 is 0. The SMILES string of the molecule is C[C@H]1CCCN1Cc1nc2cc(NC(=O)c3ccc(-c4cn(CCCCCCCCCCNC(=O)COc5cccc6c5C(=O)N(C5CCC(=O)NC5=O)C6=O)nn4)cc3)ccc2[nH]1. The van der Waals surface area contributed by atoms with Crippen molar-refractivity contribution in [3.05, 3.63) is 89.4 Å². The van der Waals surface area contributed by atoms with Crippen molar-refractivity contribution in [3.63, 3.8) is 0 Å². The van der Waals surface area contributed by atoms with Crippen molar-refractivity contribution >= 4 is 52.2 Å². The summed E-state index contributed by atoms with van der Waals surface area (Å²) in [5.74, 6) is -1.96. The van der Waals surface area contributed by atoms with Crippen molar-refractivity contribution in [3.8, 4) is 17.0 Å². The molecule has 4 N–H and O–H groups in total. The number of rotatable bonds is 20. The van der Waals surface area contributed by atoms with E-state index in [1.54, 1.807) is 18.2 Å². The van der Waals surface area contributed by atoms with E-state index in [0.717, 1.165) is 104 Å². The number of imide groups is 2. The lowest BCUT2D eigenvalue weighted by molar-refractivity contribution is -0.136. The number of imidazole rings is 1. The molecule has 3 aliphatic rings. The van der Waals surface area contributed by atoms with Gasteiger partial charge in [0, 0.05) is 42.4 Å². The number of aryl methyl sites for hydroxylation is 1.